The Morgan fingerprint density at radius 2 is 1.73 bits per heavy atom. The minimum atomic E-state index is 0.702. The van der Waals surface area contributed by atoms with E-state index in [0.717, 1.165) is 44.2 Å². The summed E-state index contributed by atoms with van der Waals surface area (Å²) in [5, 5.41) is 0.725. The second-order valence-electron chi connectivity index (χ2n) is 7.23. The molecule has 152 valence electrons. The summed E-state index contributed by atoms with van der Waals surface area (Å²) < 4.78 is 6.84. The molecule has 0 unspecified atom stereocenters. The first kappa shape index (κ1) is 20.9. The van der Waals surface area contributed by atoms with E-state index in [1.54, 1.807) is 0 Å². The Balaban J connectivity index is 1.37. The van der Waals surface area contributed by atoms with Crippen LogP contribution in [0.25, 0.3) is 11.1 Å². The van der Waals surface area contributed by atoms with Crippen LogP contribution in [0, 0.1) is 11.8 Å². The number of hydrogen-bond acceptors (Lipinski definition) is 3. The molecule has 0 bridgehead atoms. The van der Waals surface area contributed by atoms with Gasteiger partial charge in [0.2, 0.25) is 0 Å². The minimum Gasteiger partial charge on any atom is -0.491 e. The van der Waals surface area contributed by atoms with Gasteiger partial charge in [-0.05, 0) is 89.7 Å². The van der Waals surface area contributed by atoms with Crippen LogP contribution in [0.3, 0.4) is 0 Å². The average molecular weight is 482 g/mol. The first-order valence-corrected chi connectivity index (χ1v) is 11.2. The summed E-state index contributed by atoms with van der Waals surface area (Å²) in [7, 11) is 0. The molecular weight excluding hydrogens is 460 g/mol. The van der Waals surface area contributed by atoms with Gasteiger partial charge in [-0.15, -0.1) is 0 Å². The van der Waals surface area contributed by atoms with Crippen molar-refractivity contribution in [2.45, 2.75) is 12.8 Å². The smallest absolute Gasteiger partial charge is 0.133 e. The second-order valence-corrected chi connectivity index (χ2v) is 8.52. The van der Waals surface area contributed by atoms with Crippen LogP contribution in [0.1, 0.15) is 24.1 Å². The molecule has 2 aromatic carbocycles. The van der Waals surface area contributed by atoms with E-state index in [2.05, 4.69) is 37.7 Å². The zero-order valence-corrected chi connectivity index (χ0v) is 18.9. The summed E-state index contributed by atoms with van der Waals surface area (Å²) in [5.74, 6) is 7.15. The highest BCUT2D eigenvalue weighted by Crippen LogP contribution is 2.26. The number of halogens is 2. The second kappa shape index (κ2) is 10.1. The number of likely N-dealkylation sites (tertiary alicyclic amines) is 1. The van der Waals surface area contributed by atoms with E-state index in [1.807, 2.05) is 60.8 Å². The first-order valence-electron chi connectivity index (χ1n) is 10.1. The maximum Gasteiger partial charge on any atom is 0.133 e. The molecule has 30 heavy (non-hydrogen) atoms. The number of benzene rings is 2. The monoisotopic (exact) mass is 480 g/mol. The van der Waals surface area contributed by atoms with Gasteiger partial charge in [-0.2, -0.15) is 0 Å². The molecule has 5 heteroatoms. The molecule has 1 aliphatic heterocycles. The summed E-state index contributed by atoms with van der Waals surface area (Å²) >= 11 is 9.55. The molecule has 1 fully saturated rings. The highest BCUT2D eigenvalue weighted by Gasteiger charge is 2.11. The Kier molecular flexibility index (Phi) is 7.07. The lowest BCUT2D eigenvalue weighted by Gasteiger charge is -2.15. The van der Waals surface area contributed by atoms with Crippen molar-refractivity contribution in [2.24, 2.45) is 0 Å². The topological polar surface area (TPSA) is 25.4 Å². The Bertz CT molecular complexity index is 1050. The molecule has 4 rings (SSSR count). The lowest BCUT2D eigenvalue weighted by molar-refractivity contribution is 0.237. The molecule has 1 aromatic heterocycles. The molecule has 3 aromatic rings. The van der Waals surface area contributed by atoms with Crippen LogP contribution in [0.2, 0.25) is 5.02 Å². The number of ether oxygens (including phenoxy) is 1. The van der Waals surface area contributed by atoms with Crippen molar-refractivity contribution in [1.82, 2.24) is 9.88 Å². The third-order valence-corrected chi connectivity index (χ3v) is 5.94. The molecule has 2 heterocycles. The van der Waals surface area contributed by atoms with Gasteiger partial charge in [-0.25, -0.2) is 4.98 Å². The van der Waals surface area contributed by atoms with Crippen LogP contribution in [0.15, 0.2) is 65.3 Å². The maximum absolute atomic E-state index is 5.95. The van der Waals surface area contributed by atoms with Crippen molar-refractivity contribution in [3.05, 3.63) is 81.5 Å². The quantitative estimate of drug-likeness (QED) is 0.416. The van der Waals surface area contributed by atoms with Crippen LogP contribution in [-0.2, 0) is 0 Å². The molecule has 0 N–H and O–H groups in total. The van der Waals surface area contributed by atoms with Gasteiger partial charge < -0.3 is 4.74 Å². The average Bonchev–Trinajstić information content (AvgIpc) is 3.28. The number of rotatable bonds is 5. The predicted molar refractivity (Wildman–Crippen MR) is 126 cm³/mol. The summed E-state index contributed by atoms with van der Waals surface area (Å²) in [4.78, 5) is 6.91. The van der Waals surface area contributed by atoms with Crippen LogP contribution < -0.4 is 4.74 Å². The molecule has 0 radical (unpaired) electrons. The zero-order valence-electron chi connectivity index (χ0n) is 16.6. The Morgan fingerprint density at radius 3 is 2.43 bits per heavy atom. The van der Waals surface area contributed by atoms with E-state index in [1.165, 1.54) is 25.9 Å². The van der Waals surface area contributed by atoms with Crippen molar-refractivity contribution in [2.75, 3.05) is 26.2 Å². The van der Waals surface area contributed by atoms with Gasteiger partial charge in [0.25, 0.3) is 0 Å². The summed E-state index contributed by atoms with van der Waals surface area (Å²) in [6.45, 7) is 4.06. The van der Waals surface area contributed by atoms with Crippen molar-refractivity contribution in [1.29, 1.82) is 0 Å². The van der Waals surface area contributed by atoms with Gasteiger partial charge in [0, 0.05) is 28.9 Å². The summed E-state index contributed by atoms with van der Waals surface area (Å²) in [5.41, 5.74) is 3.76. The fourth-order valence-electron chi connectivity index (χ4n) is 3.40. The Morgan fingerprint density at radius 1 is 0.967 bits per heavy atom. The predicted octanol–water partition coefficient (Wildman–Crippen LogP) is 6.04. The largest absolute Gasteiger partial charge is 0.491 e. The van der Waals surface area contributed by atoms with E-state index in [0.29, 0.717) is 6.61 Å². The van der Waals surface area contributed by atoms with Gasteiger partial charge in [0.1, 0.15) is 18.1 Å². The van der Waals surface area contributed by atoms with Crippen molar-refractivity contribution >= 4 is 27.5 Å². The Hall–Kier alpha value is -2.32. The number of pyridine rings is 1. The highest BCUT2D eigenvalue weighted by atomic mass is 79.9. The number of aromatic nitrogens is 1. The van der Waals surface area contributed by atoms with Gasteiger partial charge in [-0.1, -0.05) is 35.7 Å². The van der Waals surface area contributed by atoms with Crippen LogP contribution in [-0.4, -0.2) is 36.1 Å². The molecule has 3 nitrogen and oxygen atoms in total. The lowest BCUT2D eigenvalue weighted by Crippen LogP contribution is -2.25. The molecule has 1 saturated heterocycles. The van der Waals surface area contributed by atoms with Crippen molar-refractivity contribution < 1.29 is 4.74 Å². The molecule has 0 spiro atoms. The third kappa shape index (κ3) is 5.64. The molecular formula is C25H22BrClN2O. The van der Waals surface area contributed by atoms with Crippen LogP contribution in [0.4, 0.5) is 0 Å². The van der Waals surface area contributed by atoms with Crippen molar-refractivity contribution in [3.8, 4) is 28.7 Å². The first-order chi connectivity index (χ1) is 14.7. The molecule has 0 amide bonds. The number of nitrogens with zero attached hydrogens (tertiary/aromatic N) is 2. The standard InChI is InChI=1S/C25H22BrClN2O/c26-24-17-19(4-12-25(24)30-16-15-29-13-1-2-14-29)3-10-23-11-7-21(18-28-23)20-5-8-22(27)9-6-20/h4-9,11-12,17-18H,1-2,13-16H2. The maximum atomic E-state index is 5.95. The molecule has 0 aliphatic carbocycles. The van der Waals surface area contributed by atoms with E-state index in [9.17, 15) is 0 Å². The van der Waals surface area contributed by atoms with E-state index >= 15 is 0 Å². The normalized spacial score (nSPS) is 13.7. The molecule has 0 saturated carbocycles. The van der Waals surface area contributed by atoms with Gasteiger partial charge in [0.15, 0.2) is 0 Å². The summed E-state index contributed by atoms with van der Waals surface area (Å²) in [6, 6.07) is 17.6. The van der Waals surface area contributed by atoms with Gasteiger partial charge in [-0.3, -0.25) is 4.90 Å². The lowest BCUT2D eigenvalue weighted by atomic mass is 10.1. The van der Waals surface area contributed by atoms with E-state index in [4.69, 9.17) is 16.3 Å². The summed E-state index contributed by atoms with van der Waals surface area (Å²) in [6.07, 6.45) is 4.44. The van der Waals surface area contributed by atoms with Crippen LogP contribution >= 0.6 is 27.5 Å². The fourth-order valence-corrected chi connectivity index (χ4v) is 4.02. The van der Waals surface area contributed by atoms with E-state index < -0.39 is 0 Å². The Labute approximate surface area is 191 Å². The third-order valence-electron chi connectivity index (χ3n) is 5.07. The van der Waals surface area contributed by atoms with Crippen molar-refractivity contribution in [3.63, 3.8) is 0 Å². The minimum absolute atomic E-state index is 0.702. The zero-order chi connectivity index (χ0) is 20.8. The number of hydrogen-bond donors (Lipinski definition) is 0. The molecule has 0 atom stereocenters. The highest BCUT2D eigenvalue weighted by molar-refractivity contribution is 9.10. The van der Waals surface area contributed by atoms with Gasteiger partial charge >= 0.3 is 0 Å². The SMILES string of the molecule is Clc1ccc(-c2ccc(C#Cc3ccc(OCCN4CCCC4)c(Br)c3)nc2)cc1. The van der Waals surface area contributed by atoms with E-state index in [-0.39, 0.29) is 0 Å². The molecule has 1 aliphatic rings. The van der Waals surface area contributed by atoms with Crippen LogP contribution in [0.5, 0.6) is 5.75 Å². The fraction of sp³-hybridized carbons (Fsp3) is 0.240. The van der Waals surface area contributed by atoms with Gasteiger partial charge in [0.05, 0.1) is 4.47 Å².